The van der Waals surface area contributed by atoms with Gasteiger partial charge in [0.1, 0.15) is 0 Å². The number of hydrogen-bond donors (Lipinski definition) is 2. The van der Waals surface area contributed by atoms with E-state index in [9.17, 15) is 5.11 Å². The number of ether oxygens (including phenoxy) is 1. The molecule has 0 amide bonds. The van der Waals surface area contributed by atoms with E-state index in [1.54, 1.807) is 0 Å². The van der Waals surface area contributed by atoms with Gasteiger partial charge >= 0.3 is 0 Å². The van der Waals surface area contributed by atoms with Crippen LogP contribution in [0, 0.1) is 5.41 Å². The minimum Gasteiger partial charge on any atom is -0.390 e. The molecule has 0 aromatic rings. The molecule has 3 fully saturated rings. The Bertz CT molecular complexity index is 325. The highest BCUT2D eigenvalue weighted by Crippen LogP contribution is 2.54. The van der Waals surface area contributed by atoms with Crippen molar-refractivity contribution < 1.29 is 9.84 Å². The lowest BCUT2D eigenvalue weighted by molar-refractivity contribution is -0.131. The number of aliphatic hydroxyl groups excluding tert-OH is 1. The van der Waals surface area contributed by atoms with Gasteiger partial charge in [-0.1, -0.05) is 12.8 Å². The zero-order valence-corrected chi connectivity index (χ0v) is 13.5. The number of aliphatic hydroxyl groups is 1. The van der Waals surface area contributed by atoms with Crippen molar-refractivity contribution in [3.05, 3.63) is 0 Å². The van der Waals surface area contributed by atoms with Crippen LogP contribution in [0.1, 0.15) is 51.9 Å². The van der Waals surface area contributed by atoms with Crippen LogP contribution >= 0.6 is 0 Å². The molecule has 0 aromatic heterocycles. The summed E-state index contributed by atoms with van der Waals surface area (Å²) in [5, 5.41) is 13.9. The van der Waals surface area contributed by atoms with Crippen molar-refractivity contribution in [1.29, 1.82) is 0 Å². The number of hydrogen-bond acceptors (Lipinski definition) is 4. The van der Waals surface area contributed by atoms with Crippen molar-refractivity contribution in [3.63, 3.8) is 0 Å². The van der Waals surface area contributed by atoms with Crippen molar-refractivity contribution >= 4 is 0 Å². The summed E-state index contributed by atoms with van der Waals surface area (Å²) >= 11 is 0. The van der Waals surface area contributed by atoms with Gasteiger partial charge in [-0.25, -0.2) is 0 Å². The normalized spacial score (nSPS) is 33.4. The number of rotatable bonds is 7. The standard InChI is InChI=1S/C17H32N2O2/c1-2-21-16-11-15(17(16)7-3-4-8-17)18-12-14(20)13-19-9-5-6-10-19/h14-16,18,20H,2-13H2,1H3. The van der Waals surface area contributed by atoms with Crippen molar-refractivity contribution in [2.75, 3.05) is 32.8 Å². The zero-order valence-electron chi connectivity index (χ0n) is 13.5. The van der Waals surface area contributed by atoms with Gasteiger partial charge in [-0.2, -0.15) is 0 Å². The van der Waals surface area contributed by atoms with Crippen LogP contribution < -0.4 is 5.32 Å². The average molecular weight is 296 g/mol. The van der Waals surface area contributed by atoms with E-state index in [1.807, 2.05) is 0 Å². The summed E-state index contributed by atoms with van der Waals surface area (Å²) in [6, 6.07) is 0.560. The lowest BCUT2D eigenvalue weighted by atomic mass is 9.60. The molecular weight excluding hydrogens is 264 g/mol. The first-order chi connectivity index (χ1) is 10.2. The van der Waals surface area contributed by atoms with Crippen LogP contribution in [0.25, 0.3) is 0 Å². The van der Waals surface area contributed by atoms with Crippen LogP contribution in [-0.4, -0.2) is 61.0 Å². The first-order valence-corrected chi connectivity index (χ1v) is 9.00. The Morgan fingerprint density at radius 3 is 2.62 bits per heavy atom. The molecule has 3 aliphatic rings. The van der Waals surface area contributed by atoms with Crippen LogP contribution in [0.3, 0.4) is 0 Å². The molecule has 1 aliphatic heterocycles. The van der Waals surface area contributed by atoms with E-state index < -0.39 is 0 Å². The van der Waals surface area contributed by atoms with Crippen LogP contribution in [-0.2, 0) is 4.74 Å². The fourth-order valence-corrected chi connectivity index (χ4v) is 4.78. The summed E-state index contributed by atoms with van der Waals surface area (Å²) < 4.78 is 5.95. The molecule has 3 unspecified atom stereocenters. The smallest absolute Gasteiger partial charge is 0.0791 e. The van der Waals surface area contributed by atoms with Crippen LogP contribution in [0.15, 0.2) is 0 Å². The van der Waals surface area contributed by atoms with Gasteiger partial charge in [0.15, 0.2) is 0 Å². The Kier molecular flexibility index (Phi) is 5.20. The second-order valence-electron chi connectivity index (χ2n) is 7.24. The lowest BCUT2D eigenvalue weighted by Gasteiger charge is -2.54. The van der Waals surface area contributed by atoms with E-state index in [2.05, 4.69) is 17.1 Å². The minimum atomic E-state index is -0.229. The second kappa shape index (κ2) is 6.95. The summed E-state index contributed by atoms with van der Waals surface area (Å²) in [4.78, 5) is 2.39. The topological polar surface area (TPSA) is 44.7 Å². The zero-order chi connectivity index (χ0) is 14.7. The van der Waals surface area contributed by atoms with Gasteiger partial charge in [-0.05, 0) is 52.1 Å². The van der Waals surface area contributed by atoms with E-state index in [1.165, 1.54) is 38.5 Å². The maximum Gasteiger partial charge on any atom is 0.0791 e. The van der Waals surface area contributed by atoms with Gasteiger partial charge in [0.05, 0.1) is 12.2 Å². The van der Waals surface area contributed by atoms with Gasteiger partial charge in [0.25, 0.3) is 0 Å². The Morgan fingerprint density at radius 2 is 1.95 bits per heavy atom. The SMILES string of the molecule is CCOC1CC(NCC(O)CN2CCCC2)C12CCCC2. The van der Waals surface area contributed by atoms with Crippen LogP contribution in [0.5, 0.6) is 0 Å². The molecule has 2 saturated carbocycles. The maximum atomic E-state index is 10.2. The summed E-state index contributed by atoms with van der Waals surface area (Å²) in [5.74, 6) is 0. The van der Waals surface area contributed by atoms with E-state index in [4.69, 9.17) is 4.74 Å². The van der Waals surface area contributed by atoms with Crippen molar-refractivity contribution in [3.8, 4) is 0 Å². The monoisotopic (exact) mass is 296 g/mol. The van der Waals surface area contributed by atoms with Crippen molar-refractivity contribution in [2.24, 2.45) is 5.41 Å². The molecule has 1 saturated heterocycles. The number of β-amino-alcohol motifs (C(OH)–C–C–N with tert-alkyl or cyclic N) is 1. The summed E-state index contributed by atoms with van der Waals surface area (Å²) in [7, 11) is 0. The predicted octanol–water partition coefficient (Wildman–Crippen LogP) is 1.77. The Balaban J connectivity index is 1.44. The summed E-state index contributed by atoms with van der Waals surface area (Å²) in [6.07, 6.45) is 9.24. The molecule has 2 aliphatic carbocycles. The van der Waals surface area contributed by atoms with Gasteiger partial charge < -0.3 is 20.1 Å². The number of likely N-dealkylation sites (tertiary alicyclic amines) is 1. The Labute approximate surface area is 129 Å². The van der Waals surface area contributed by atoms with Gasteiger partial charge in [0.2, 0.25) is 0 Å². The summed E-state index contributed by atoms with van der Waals surface area (Å²) in [5.41, 5.74) is 0.378. The highest BCUT2D eigenvalue weighted by molar-refractivity contribution is 5.10. The third kappa shape index (κ3) is 3.29. The molecule has 4 nitrogen and oxygen atoms in total. The molecule has 0 bridgehead atoms. The Hall–Kier alpha value is -0.160. The third-order valence-corrected chi connectivity index (χ3v) is 5.95. The number of nitrogens with zero attached hydrogens (tertiary/aromatic N) is 1. The fourth-order valence-electron chi connectivity index (χ4n) is 4.78. The predicted molar refractivity (Wildman–Crippen MR) is 84.4 cm³/mol. The van der Waals surface area contributed by atoms with Crippen molar-refractivity contribution in [2.45, 2.75) is 70.1 Å². The fraction of sp³-hybridized carbons (Fsp3) is 1.00. The van der Waals surface area contributed by atoms with E-state index >= 15 is 0 Å². The van der Waals surface area contributed by atoms with E-state index in [-0.39, 0.29) is 6.10 Å². The highest BCUT2D eigenvalue weighted by Gasteiger charge is 2.56. The molecule has 4 heteroatoms. The molecular formula is C17H32N2O2. The molecule has 3 rings (SSSR count). The quantitative estimate of drug-likeness (QED) is 0.751. The Morgan fingerprint density at radius 1 is 1.24 bits per heavy atom. The minimum absolute atomic E-state index is 0.229. The van der Waals surface area contributed by atoms with E-state index in [0.29, 0.717) is 17.6 Å². The molecule has 3 atom stereocenters. The maximum absolute atomic E-state index is 10.2. The molecule has 0 radical (unpaired) electrons. The average Bonchev–Trinajstić information content (AvgIpc) is 3.13. The van der Waals surface area contributed by atoms with E-state index in [0.717, 1.165) is 39.2 Å². The second-order valence-corrected chi connectivity index (χ2v) is 7.24. The largest absolute Gasteiger partial charge is 0.390 e. The first-order valence-electron chi connectivity index (χ1n) is 9.00. The van der Waals surface area contributed by atoms with Gasteiger partial charge in [-0.3, -0.25) is 0 Å². The number of nitrogens with one attached hydrogen (secondary N) is 1. The van der Waals surface area contributed by atoms with Crippen LogP contribution in [0.4, 0.5) is 0 Å². The molecule has 2 N–H and O–H groups in total. The first kappa shape index (κ1) is 15.7. The highest BCUT2D eigenvalue weighted by atomic mass is 16.5. The molecule has 1 heterocycles. The van der Waals surface area contributed by atoms with Gasteiger partial charge in [0, 0.05) is 31.2 Å². The van der Waals surface area contributed by atoms with Gasteiger partial charge in [-0.15, -0.1) is 0 Å². The van der Waals surface area contributed by atoms with Crippen molar-refractivity contribution in [1.82, 2.24) is 10.2 Å². The molecule has 1 spiro atoms. The lowest BCUT2D eigenvalue weighted by Crippen LogP contribution is -2.63. The third-order valence-electron chi connectivity index (χ3n) is 5.95. The summed E-state index contributed by atoms with van der Waals surface area (Å²) in [6.45, 7) is 6.83. The van der Waals surface area contributed by atoms with Crippen LogP contribution in [0.2, 0.25) is 0 Å². The molecule has 0 aromatic carbocycles. The molecule has 122 valence electrons. The molecule has 21 heavy (non-hydrogen) atoms.